The summed E-state index contributed by atoms with van der Waals surface area (Å²) >= 11 is 6.05. The van der Waals surface area contributed by atoms with Gasteiger partial charge in [-0.3, -0.25) is 0 Å². The molecule has 1 aromatic carbocycles. The predicted molar refractivity (Wildman–Crippen MR) is 76.2 cm³/mol. The molecule has 19 heavy (non-hydrogen) atoms. The van der Waals surface area contributed by atoms with Crippen LogP contribution in [0, 0.1) is 0 Å². The Balaban J connectivity index is 2.39. The number of likely N-dealkylation sites (N-methyl/N-ethyl adjacent to an activating group) is 1. The molecule has 1 aromatic rings. The van der Waals surface area contributed by atoms with E-state index in [1.54, 1.807) is 12.1 Å². The summed E-state index contributed by atoms with van der Waals surface area (Å²) in [5.41, 5.74) is 7.21. The van der Waals surface area contributed by atoms with Crippen molar-refractivity contribution < 1.29 is 9.94 Å². The van der Waals surface area contributed by atoms with Gasteiger partial charge in [-0.25, -0.2) is 0 Å². The lowest BCUT2D eigenvalue weighted by molar-refractivity contribution is 0.118. The fourth-order valence-corrected chi connectivity index (χ4v) is 2.64. The van der Waals surface area contributed by atoms with Crippen molar-refractivity contribution in [2.24, 2.45) is 10.9 Å². The Morgan fingerprint density at radius 2 is 2.32 bits per heavy atom. The molecule has 0 amide bonds. The number of nitrogens with two attached hydrogens (primary N) is 1. The Bertz CT molecular complexity index is 493. The molecule has 0 saturated carbocycles. The van der Waals surface area contributed by atoms with Crippen LogP contribution in [0.2, 0.25) is 5.02 Å². The van der Waals surface area contributed by atoms with Crippen LogP contribution >= 0.6 is 11.6 Å². The molecule has 0 spiro atoms. The van der Waals surface area contributed by atoms with Crippen LogP contribution in [0.4, 0.5) is 5.69 Å². The molecule has 5 nitrogen and oxygen atoms in total. The lowest BCUT2D eigenvalue weighted by Crippen LogP contribution is -2.38. The number of hydrogen-bond donors (Lipinski definition) is 2. The SMILES string of the molecule is CC1OCCC1N(C)c1cc(Cl)ccc1/C(N)=N/O. The van der Waals surface area contributed by atoms with Gasteiger partial charge in [-0.2, -0.15) is 0 Å². The average Bonchev–Trinajstić information content (AvgIpc) is 2.83. The molecular formula is C13H18ClN3O2. The highest BCUT2D eigenvalue weighted by Crippen LogP contribution is 2.29. The highest BCUT2D eigenvalue weighted by Gasteiger charge is 2.29. The van der Waals surface area contributed by atoms with Crippen molar-refractivity contribution >= 4 is 23.1 Å². The van der Waals surface area contributed by atoms with Gasteiger partial charge in [-0.05, 0) is 31.5 Å². The number of hydrogen-bond acceptors (Lipinski definition) is 4. The summed E-state index contributed by atoms with van der Waals surface area (Å²) in [6.45, 7) is 2.79. The van der Waals surface area contributed by atoms with E-state index < -0.39 is 0 Å². The van der Waals surface area contributed by atoms with Crippen molar-refractivity contribution in [1.82, 2.24) is 0 Å². The first-order valence-electron chi connectivity index (χ1n) is 6.16. The van der Waals surface area contributed by atoms with E-state index in [0.29, 0.717) is 10.6 Å². The molecule has 2 unspecified atom stereocenters. The largest absolute Gasteiger partial charge is 0.409 e. The molecule has 0 aromatic heterocycles. The van der Waals surface area contributed by atoms with E-state index in [2.05, 4.69) is 10.1 Å². The zero-order chi connectivity index (χ0) is 14.0. The van der Waals surface area contributed by atoms with Crippen LogP contribution in [0.3, 0.4) is 0 Å². The van der Waals surface area contributed by atoms with Crippen LogP contribution < -0.4 is 10.6 Å². The van der Waals surface area contributed by atoms with Crippen molar-refractivity contribution in [3.8, 4) is 0 Å². The van der Waals surface area contributed by atoms with Crippen LogP contribution in [-0.4, -0.2) is 36.8 Å². The smallest absolute Gasteiger partial charge is 0.172 e. The first-order chi connectivity index (χ1) is 9.04. The first-order valence-corrected chi connectivity index (χ1v) is 6.54. The molecule has 0 radical (unpaired) electrons. The van der Waals surface area contributed by atoms with E-state index in [1.807, 2.05) is 20.0 Å². The van der Waals surface area contributed by atoms with E-state index in [-0.39, 0.29) is 18.0 Å². The van der Waals surface area contributed by atoms with Gasteiger partial charge in [0.25, 0.3) is 0 Å². The summed E-state index contributed by atoms with van der Waals surface area (Å²) < 4.78 is 5.58. The minimum Gasteiger partial charge on any atom is -0.409 e. The molecule has 2 rings (SSSR count). The maximum Gasteiger partial charge on any atom is 0.172 e. The van der Waals surface area contributed by atoms with E-state index in [9.17, 15) is 0 Å². The lowest BCUT2D eigenvalue weighted by atomic mass is 10.1. The zero-order valence-corrected chi connectivity index (χ0v) is 11.8. The van der Waals surface area contributed by atoms with Crippen LogP contribution in [0.1, 0.15) is 18.9 Å². The molecule has 1 aliphatic heterocycles. The molecule has 1 heterocycles. The number of rotatable bonds is 3. The van der Waals surface area contributed by atoms with Crippen molar-refractivity contribution in [2.75, 3.05) is 18.6 Å². The Hall–Kier alpha value is -1.46. The fourth-order valence-electron chi connectivity index (χ4n) is 2.47. The summed E-state index contributed by atoms with van der Waals surface area (Å²) in [7, 11) is 1.97. The van der Waals surface area contributed by atoms with Crippen LogP contribution in [0.25, 0.3) is 0 Å². The molecule has 1 aliphatic rings. The van der Waals surface area contributed by atoms with Crippen molar-refractivity contribution in [3.63, 3.8) is 0 Å². The number of oxime groups is 1. The average molecular weight is 284 g/mol. The highest BCUT2D eigenvalue weighted by atomic mass is 35.5. The Labute approximate surface area is 117 Å². The van der Waals surface area contributed by atoms with Gasteiger partial charge in [0.1, 0.15) is 0 Å². The third-order valence-electron chi connectivity index (χ3n) is 3.56. The van der Waals surface area contributed by atoms with Gasteiger partial charge in [0, 0.05) is 29.9 Å². The summed E-state index contributed by atoms with van der Waals surface area (Å²) in [6, 6.07) is 5.55. The van der Waals surface area contributed by atoms with Gasteiger partial charge in [0.05, 0.1) is 12.1 Å². The summed E-state index contributed by atoms with van der Waals surface area (Å²) in [6.07, 6.45) is 1.09. The normalized spacial score (nSPS) is 23.6. The molecule has 2 atom stereocenters. The third kappa shape index (κ3) is 2.77. The van der Waals surface area contributed by atoms with Crippen LogP contribution in [-0.2, 0) is 4.74 Å². The van der Waals surface area contributed by atoms with Gasteiger partial charge in [-0.1, -0.05) is 16.8 Å². The monoisotopic (exact) mass is 283 g/mol. The van der Waals surface area contributed by atoms with Crippen molar-refractivity contribution in [3.05, 3.63) is 28.8 Å². The highest BCUT2D eigenvalue weighted by molar-refractivity contribution is 6.31. The third-order valence-corrected chi connectivity index (χ3v) is 3.79. The molecule has 1 saturated heterocycles. The summed E-state index contributed by atoms with van der Waals surface area (Å²) in [5, 5.41) is 12.6. The summed E-state index contributed by atoms with van der Waals surface area (Å²) in [4.78, 5) is 2.08. The number of anilines is 1. The van der Waals surface area contributed by atoms with E-state index >= 15 is 0 Å². The Kier molecular flexibility index (Phi) is 4.17. The second kappa shape index (κ2) is 5.67. The molecule has 3 N–H and O–H groups in total. The van der Waals surface area contributed by atoms with Gasteiger partial charge >= 0.3 is 0 Å². The van der Waals surface area contributed by atoms with Gasteiger partial charge in [0.2, 0.25) is 0 Å². The van der Waals surface area contributed by atoms with Gasteiger partial charge in [-0.15, -0.1) is 0 Å². The topological polar surface area (TPSA) is 71.1 Å². The number of benzene rings is 1. The minimum absolute atomic E-state index is 0.0742. The van der Waals surface area contributed by atoms with Crippen molar-refractivity contribution in [1.29, 1.82) is 0 Å². The maximum absolute atomic E-state index is 8.87. The zero-order valence-electron chi connectivity index (χ0n) is 11.0. The Morgan fingerprint density at radius 1 is 1.58 bits per heavy atom. The standard InChI is InChI=1S/C13H18ClN3O2/c1-8-11(5-6-19-8)17(2)12-7-9(14)3-4-10(12)13(15)16-18/h3-4,7-8,11,18H,5-6H2,1-2H3,(H2,15,16). The number of nitrogens with zero attached hydrogens (tertiary/aromatic N) is 2. The minimum atomic E-state index is 0.0742. The molecular weight excluding hydrogens is 266 g/mol. The molecule has 6 heteroatoms. The van der Waals surface area contributed by atoms with Crippen LogP contribution in [0.5, 0.6) is 0 Å². The number of amidine groups is 1. The summed E-state index contributed by atoms with van der Waals surface area (Å²) in [5.74, 6) is 0.0742. The van der Waals surface area contributed by atoms with Crippen molar-refractivity contribution in [2.45, 2.75) is 25.5 Å². The van der Waals surface area contributed by atoms with Crippen LogP contribution in [0.15, 0.2) is 23.4 Å². The van der Waals surface area contributed by atoms with E-state index in [4.69, 9.17) is 27.3 Å². The lowest BCUT2D eigenvalue weighted by Gasteiger charge is -2.30. The van der Waals surface area contributed by atoms with E-state index in [0.717, 1.165) is 18.7 Å². The second-order valence-corrected chi connectivity index (χ2v) is 5.13. The maximum atomic E-state index is 8.87. The molecule has 0 bridgehead atoms. The predicted octanol–water partition coefficient (Wildman–Crippen LogP) is 2.05. The number of ether oxygens (including phenoxy) is 1. The fraction of sp³-hybridized carbons (Fsp3) is 0.462. The Morgan fingerprint density at radius 3 is 2.89 bits per heavy atom. The van der Waals surface area contributed by atoms with E-state index in [1.165, 1.54) is 0 Å². The molecule has 1 fully saturated rings. The van der Waals surface area contributed by atoms with Gasteiger partial charge < -0.3 is 20.6 Å². The molecule has 104 valence electrons. The molecule has 0 aliphatic carbocycles. The number of halogens is 1. The first kappa shape index (κ1) is 14.0. The van der Waals surface area contributed by atoms with Gasteiger partial charge in [0.15, 0.2) is 5.84 Å². The quantitative estimate of drug-likeness (QED) is 0.385. The second-order valence-electron chi connectivity index (χ2n) is 4.69.